The molecule has 0 fully saturated rings. The summed E-state index contributed by atoms with van der Waals surface area (Å²) in [5.41, 5.74) is 0.942. The topological polar surface area (TPSA) is 78.7 Å². The van der Waals surface area contributed by atoms with E-state index in [0.29, 0.717) is 20.4 Å². The summed E-state index contributed by atoms with van der Waals surface area (Å²) in [6, 6.07) is 9.57. The molecular weight excluding hydrogens is 458 g/mol. The van der Waals surface area contributed by atoms with E-state index in [4.69, 9.17) is 9.47 Å². The fourth-order valence-corrected chi connectivity index (χ4v) is 3.55. The maximum absolute atomic E-state index is 11.4. The van der Waals surface area contributed by atoms with Crippen LogP contribution in [0.15, 0.2) is 45.3 Å². The summed E-state index contributed by atoms with van der Waals surface area (Å²) in [5, 5.41) is 10.7. The Hall–Kier alpha value is -1.93. The average molecular weight is 473 g/mol. The molecule has 0 bridgehead atoms. The molecular formula is C17H15Br2NO5. The maximum atomic E-state index is 11.4. The number of esters is 1. The minimum Gasteiger partial charge on any atom is -0.469 e. The van der Waals surface area contributed by atoms with Crippen molar-refractivity contribution >= 4 is 43.5 Å². The van der Waals surface area contributed by atoms with E-state index in [0.717, 1.165) is 5.56 Å². The van der Waals surface area contributed by atoms with Gasteiger partial charge in [0.05, 0.1) is 27.4 Å². The van der Waals surface area contributed by atoms with Crippen LogP contribution in [0, 0.1) is 10.1 Å². The second kappa shape index (κ2) is 8.44. The van der Waals surface area contributed by atoms with Crippen LogP contribution in [0.2, 0.25) is 0 Å². The zero-order valence-electron chi connectivity index (χ0n) is 13.5. The number of rotatable bonds is 6. The number of carbonyl (C=O) groups is 1. The summed E-state index contributed by atoms with van der Waals surface area (Å²) in [6.07, 6.45) is 0.276. The third-order valence-electron chi connectivity index (χ3n) is 3.56. The molecule has 2 rings (SSSR count). The van der Waals surface area contributed by atoms with Crippen LogP contribution < -0.4 is 4.74 Å². The van der Waals surface area contributed by atoms with Gasteiger partial charge in [0.25, 0.3) is 5.69 Å². The van der Waals surface area contributed by atoms with Gasteiger partial charge < -0.3 is 9.47 Å². The highest BCUT2D eigenvalue weighted by Crippen LogP contribution is 2.40. The second-order valence-electron chi connectivity index (χ2n) is 5.35. The molecule has 0 N–H and O–H groups in total. The highest BCUT2D eigenvalue weighted by atomic mass is 79.9. The Bertz CT molecular complexity index is 769. The van der Waals surface area contributed by atoms with Gasteiger partial charge in [0.15, 0.2) is 5.75 Å². The van der Waals surface area contributed by atoms with Gasteiger partial charge in [0.2, 0.25) is 0 Å². The highest BCUT2D eigenvalue weighted by Gasteiger charge is 2.17. The lowest BCUT2D eigenvalue weighted by Gasteiger charge is -2.15. The first-order valence-electron chi connectivity index (χ1n) is 7.30. The number of hydrogen-bond acceptors (Lipinski definition) is 5. The number of non-ortho nitro benzene ring substituents is 1. The summed E-state index contributed by atoms with van der Waals surface area (Å²) < 4.78 is 11.9. The predicted octanol–water partition coefficient (Wildman–Crippen LogP) is 5.58. The number of nitrogens with zero attached hydrogens (tertiary/aromatic N) is 1. The molecule has 0 saturated heterocycles. The molecule has 0 saturated carbocycles. The Morgan fingerprint density at radius 2 is 1.76 bits per heavy atom. The zero-order chi connectivity index (χ0) is 18.6. The van der Waals surface area contributed by atoms with Crippen LogP contribution >= 0.6 is 31.9 Å². The molecule has 132 valence electrons. The Kier molecular flexibility index (Phi) is 6.55. The first-order valence-corrected chi connectivity index (χ1v) is 8.88. The number of nitro groups is 1. The molecule has 6 nitrogen and oxygen atoms in total. The average Bonchev–Trinajstić information content (AvgIpc) is 2.58. The minimum absolute atomic E-state index is 0.00235. The molecule has 1 atom stereocenters. The standard InChI is InChI=1S/C17H15Br2NO5/c1-10(7-16(21)24-2)11-8-14(18)17(15(19)9-11)25-13-5-3-12(4-6-13)20(22)23/h3-6,8-10H,7H2,1-2H3. The molecule has 0 aromatic heterocycles. The Labute approximate surface area is 161 Å². The van der Waals surface area contributed by atoms with Crippen molar-refractivity contribution in [2.75, 3.05) is 7.11 Å². The first-order chi connectivity index (χ1) is 11.8. The first kappa shape index (κ1) is 19.4. The lowest BCUT2D eigenvalue weighted by atomic mass is 9.98. The lowest BCUT2D eigenvalue weighted by molar-refractivity contribution is -0.384. The van der Waals surface area contributed by atoms with Gasteiger partial charge in [-0.1, -0.05) is 6.92 Å². The van der Waals surface area contributed by atoms with Gasteiger partial charge >= 0.3 is 5.97 Å². The highest BCUT2D eigenvalue weighted by molar-refractivity contribution is 9.11. The van der Waals surface area contributed by atoms with Gasteiger partial charge in [-0.05, 0) is 67.6 Å². The molecule has 1 unspecified atom stereocenters. The van der Waals surface area contributed by atoms with Crippen LogP contribution in [0.3, 0.4) is 0 Å². The minimum atomic E-state index is -0.465. The largest absolute Gasteiger partial charge is 0.469 e. The van der Waals surface area contributed by atoms with E-state index in [1.165, 1.54) is 31.4 Å². The second-order valence-corrected chi connectivity index (χ2v) is 7.06. The molecule has 0 radical (unpaired) electrons. The number of carbonyl (C=O) groups excluding carboxylic acids is 1. The van der Waals surface area contributed by atoms with Gasteiger partial charge in [-0.3, -0.25) is 14.9 Å². The van der Waals surface area contributed by atoms with Crippen molar-refractivity contribution in [1.29, 1.82) is 0 Å². The lowest BCUT2D eigenvalue weighted by Crippen LogP contribution is -2.06. The summed E-state index contributed by atoms with van der Waals surface area (Å²) >= 11 is 6.93. The maximum Gasteiger partial charge on any atom is 0.306 e. The van der Waals surface area contributed by atoms with Gasteiger partial charge in [0.1, 0.15) is 5.75 Å². The monoisotopic (exact) mass is 471 g/mol. The fourth-order valence-electron chi connectivity index (χ4n) is 2.17. The Morgan fingerprint density at radius 3 is 2.24 bits per heavy atom. The van der Waals surface area contributed by atoms with Crippen LogP contribution in [-0.4, -0.2) is 18.0 Å². The molecule has 0 aliphatic heterocycles. The van der Waals surface area contributed by atoms with Crippen molar-refractivity contribution in [1.82, 2.24) is 0 Å². The summed E-state index contributed by atoms with van der Waals surface area (Å²) in [6.45, 7) is 1.93. The molecule has 0 aliphatic carbocycles. The Morgan fingerprint density at radius 1 is 1.20 bits per heavy atom. The van der Waals surface area contributed by atoms with Crippen molar-refractivity contribution in [3.05, 3.63) is 61.0 Å². The quantitative estimate of drug-likeness (QED) is 0.311. The van der Waals surface area contributed by atoms with Crippen molar-refractivity contribution in [3.63, 3.8) is 0 Å². The van der Waals surface area contributed by atoms with Crippen molar-refractivity contribution in [3.8, 4) is 11.5 Å². The van der Waals surface area contributed by atoms with E-state index < -0.39 is 4.92 Å². The molecule has 2 aromatic carbocycles. The van der Waals surface area contributed by atoms with E-state index in [9.17, 15) is 14.9 Å². The van der Waals surface area contributed by atoms with E-state index in [1.54, 1.807) is 0 Å². The summed E-state index contributed by atoms with van der Waals surface area (Å²) in [5.74, 6) is 0.727. The molecule has 2 aromatic rings. The van der Waals surface area contributed by atoms with Crippen LogP contribution in [0.4, 0.5) is 5.69 Å². The number of hydrogen-bond donors (Lipinski definition) is 0. The normalized spacial score (nSPS) is 11.7. The molecule has 0 aliphatic rings. The number of ether oxygens (including phenoxy) is 2. The van der Waals surface area contributed by atoms with Gasteiger partial charge in [-0.25, -0.2) is 0 Å². The molecule has 0 amide bonds. The number of nitro benzene ring substituents is 1. The third kappa shape index (κ3) is 5.02. The molecule has 25 heavy (non-hydrogen) atoms. The van der Waals surface area contributed by atoms with E-state index in [1.807, 2.05) is 19.1 Å². The van der Waals surface area contributed by atoms with Crippen LogP contribution in [0.5, 0.6) is 11.5 Å². The zero-order valence-corrected chi connectivity index (χ0v) is 16.7. The van der Waals surface area contributed by atoms with Crippen LogP contribution in [0.1, 0.15) is 24.8 Å². The third-order valence-corrected chi connectivity index (χ3v) is 4.74. The Balaban J connectivity index is 2.22. The van der Waals surface area contributed by atoms with Crippen molar-refractivity contribution in [2.45, 2.75) is 19.3 Å². The van der Waals surface area contributed by atoms with E-state index >= 15 is 0 Å². The van der Waals surface area contributed by atoms with Crippen LogP contribution in [0.25, 0.3) is 0 Å². The van der Waals surface area contributed by atoms with Crippen LogP contribution in [-0.2, 0) is 9.53 Å². The van der Waals surface area contributed by atoms with E-state index in [-0.39, 0.29) is 24.0 Å². The van der Waals surface area contributed by atoms with Crippen molar-refractivity contribution < 1.29 is 19.2 Å². The summed E-state index contributed by atoms with van der Waals surface area (Å²) in [7, 11) is 1.36. The molecule has 0 heterocycles. The van der Waals surface area contributed by atoms with Gasteiger partial charge in [-0.15, -0.1) is 0 Å². The summed E-state index contributed by atoms with van der Waals surface area (Å²) in [4.78, 5) is 21.7. The van der Waals surface area contributed by atoms with Gasteiger partial charge in [0, 0.05) is 12.1 Å². The predicted molar refractivity (Wildman–Crippen MR) is 100 cm³/mol. The van der Waals surface area contributed by atoms with Gasteiger partial charge in [-0.2, -0.15) is 0 Å². The van der Waals surface area contributed by atoms with Crippen molar-refractivity contribution in [2.24, 2.45) is 0 Å². The number of benzene rings is 2. The SMILES string of the molecule is COC(=O)CC(C)c1cc(Br)c(Oc2ccc([N+](=O)[O-])cc2)c(Br)c1. The molecule has 8 heteroatoms. The smallest absolute Gasteiger partial charge is 0.306 e. The number of halogens is 2. The molecule has 0 spiro atoms. The van der Waals surface area contributed by atoms with E-state index in [2.05, 4.69) is 31.9 Å². The number of methoxy groups -OCH3 is 1. The fraction of sp³-hybridized carbons (Fsp3) is 0.235.